The average molecular weight is 406 g/mol. The van der Waals surface area contributed by atoms with Crippen molar-refractivity contribution in [2.24, 2.45) is 0 Å². The summed E-state index contributed by atoms with van der Waals surface area (Å²) in [5.41, 5.74) is 2.33. The highest BCUT2D eigenvalue weighted by atomic mass is 35.5. The van der Waals surface area contributed by atoms with Crippen molar-refractivity contribution in [2.75, 3.05) is 0 Å². The number of carbonyl (C=O) groups is 1. The number of hydrogen-bond donors (Lipinski definition) is 0. The average Bonchev–Trinajstić information content (AvgIpc) is 2.70. The van der Waals surface area contributed by atoms with Gasteiger partial charge in [0.2, 0.25) is 11.2 Å². The van der Waals surface area contributed by atoms with Crippen molar-refractivity contribution in [1.82, 2.24) is 4.98 Å². The number of benzene rings is 2. The van der Waals surface area contributed by atoms with E-state index in [2.05, 4.69) is 4.98 Å². The van der Waals surface area contributed by atoms with Crippen molar-refractivity contribution in [2.45, 2.75) is 13.8 Å². The molecule has 144 valence electrons. The SMILES string of the molecule is Cc1cc(C)c2c(=O)c(OC(=O)c3cccnc3)c(-c3ccccc3Cl)oc2c1. The second kappa shape index (κ2) is 7.53. The number of fused-ring (bicyclic) bond motifs is 1. The van der Waals surface area contributed by atoms with E-state index >= 15 is 0 Å². The van der Waals surface area contributed by atoms with E-state index in [1.165, 1.54) is 6.20 Å². The van der Waals surface area contributed by atoms with Gasteiger partial charge < -0.3 is 9.15 Å². The summed E-state index contributed by atoms with van der Waals surface area (Å²) in [6.07, 6.45) is 2.91. The summed E-state index contributed by atoms with van der Waals surface area (Å²) in [7, 11) is 0. The summed E-state index contributed by atoms with van der Waals surface area (Å²) < 4.78 is 11.6. The third-order valence-corrected chi connectivity index (χ3v) is 4.84. The first kappa shape index (κ1) is 18.9. The van der Waals surface area contributed by atoms with Gasteiger partial charge in [0.1, 0.15) is 5.58 Å². The summed E-state index contributed by atoms with van der Waals surface area (Å²) in [6.45, 7) is 3.73. The zero-order chi connectivity index (χ0) is 20.5. The standard InChI is InChI=1S/C23H16ClNO4/c1-13-10-14(2)19-18(11-13)28-21(16-7-3-4-8-17(16)24)22(20(19)26)29-23(27)15-6-5-9-25-12-15/h3-12H,1-2H3. The molecule has 0 N–H and O–H groups in total. The van der Waals surface area contributed by atoms with E-state index in [9.17, 15) is 9.59 Å². The Morgan fingerprint density at radius 1 is 1.10 bits per heavy atom. The molecule has 4 rings (SSSR count). The molecule has 0 fully saturated rings. The van der Waals surface area contributed by atoms with Gasteiger partial charge in [0.05, 0.1) is 16.0 Å². The molecule has 6 heteroatoms. The van der Waals surface area contributed by atoms with Gasteiger partial charge in [0.15, 0.2) is 5.76 Å². The fourth-order valence-corrected chi connectivity index (χ4v) is 3.45. The third kappa shape index (κ3) is 3.52. The van der Waals surface area contributed by atoms with E-state index in [1.54, 1.807) is 48.7 Å². The van der Waals surface area contributed by atoms with Crippen LogP contribution in [0, 0.1) is 13.8 Å². The predicted molar refractivity (Wildman–Crippen MR) is 112 cm³/mol. The third-order valence-electron chi connectivity index (χ3n) is 4.51. The molecule has 0 spiro atoms. The molecule has 0 atom stereocenters. The van der Waals surface area contributed by atoms with Crippen LogP contribution in [0.2, 0.25) is 5.02 Å². The maximum Gasteiger partial charge on any atom is 0.345 e. The van der Waals surface area contributed by atoms with Gasteiger partial charge in [0.25, 0.3) is 0 Å². The second-order valence-corrected chi connectivity index (χ2v) is 7.06. The van der Waals surface area contributed by atoms with Crippen molar-refractivity contribution in [3.63, 3.8) is 0 Å². The van der Waals surface area contributed by atoms with Gasteiger partial charge in [-0.2, -0.15) is 0 Å². The molecule has 0 aliphatic heterocycles. The fraction of sp³-hybridized carbons (Fsp3) is 0.0870. The number of rotatable bonds is 3. The van der Waals surface area contributed by atoms with Crippen LogP contribution in [-0.2, 0) is 0 Å². The highest BCUT2D eigenvalue weighted by Crippen LogP contribution is 2.36. The van der Waals surface area contributed by atoms with Crippen LogP contribution < -0.4 is 10.2 Å². The van der Waals surface area contributed by atoms with Crippen molar-refractivity contribution in [1.29, 1.82) is 0 Å². The maximum absolute atomic E-state index is 13.3. The maximum atomic E-state index is 13.3. The summed E-state index contributed by atoms with van der Waals surface area (Å²) in [5, 5.41) is 0.735. The Labute approximate surface area is 171 Å². The number of carbonyl (C=O) groups excluding carboxylic acids is 1. The molecule has 0 saturated carbocycles. The van der Waals surface area contributed by atoms with Crippen LogP contribution >= 0.6 is 11.6 Å². The van der Waals surface area contributed by atoms with Crippen LogP contribution in [0.15, 0.2) is 70.1 Å². The van der Waals surface area contributed by atoms with Crippen LogP contribution in [0.25, 0.3) is 22.3 Å². The van der Waals surface area contributed by atoms with E-state index in [0.29, 0.717) is 21.6 Å². The monoisotopic (exact) mass is 405 g/mol. The lowest BCUT2D eigenvalue weighted by atomic mass is 10.0. The van der Waals surface area contributed by atoms with E-state index in [4.69, 9.17) is 20.8 Å². The Kier molecular flexibility index (Phi) is 4.91. The molecule has 0 bridgehead atoms. The number of aromatic nitrogens is 1. The van der Waals surface area contributed by atoms with Crippen molar-refractivity contribution >= 4 is 28.5 Å². The van der Waals surface area contributed by atoms with Gasteiger partial charge in [-0.05, 0) is 55.3 Å². The number of halogens is 1. The minimum Gasteiger partial charge on any atom is -0.452 e. The Morgan fingerprint density at radius 2 is 1.90 bits per heavy atom. The lowest BCUT2D eigenvalue weighted by Crippen LogP contribution is -2.17. The minimum atomic E-state index is -0.706. The van der Waals surface area contributed by atoms with Crippen molar-refractivity contribution in [3.8, 4) is 17.1 Å². The first-order chi connectivity index (χ1) is 14.0. The number of nitrogens with zero attached hydrogens (tertiary/aromatic N) is 1. The van der Waals surface area contributed by atoms with E-state index in [0.717, 1.165) is 11.1 Å². The highest BCUT2D eigenvalue weighted by molar-refractivity contribution is 6.33. The number of esters is 1. The first-order valence-corrected chi connectivity index (χ1v) is 9.28. The molecule has 4 aromatic rings. The second-order valence-electron chi connectivity index (χ2n) is 6.66. The normalized spacial score (nSPS) is 10.9. The summed E-state index contributed by atoms with van der Waals surface area (Å²) in [5.74, 6) is -0.801. The van der Waals surface area contributed by atoms with E-state index in [-0.39, 0.29) is 17.1 Å². The molecule has 0 aliphatic carbocycles. The smallest absolute Gasteiger partial charge is 0.345 e. The Morgan fingerprint density at radius 3 is 2.62 bits per heavy atom. The lowest BCUT2D eigenvalue weighted by Gasteiger charge is -2.13. The largest absolute Gasteiger partial charge is 0.452 e. The van der Waals surface area contributed by atoms with Gasteiger partial charge in [0, 0.05) is 18.0 Å². The summed E-state index contributed by atoms with van der Waals surface area (Å²) >= 11 is 6.34. The highest BCUT2D eigenvalue weighted by Gasteiger charge is 2.23. The topological polar surface area (TPSA) is 69.4 Å². The quantitative estimate of drug-likeness (QED) is 0.430. The van der Waals surface area contributed by atoms with Crippen LogP contribution in [0.4, 0.5) is 0 Å². The van der Waals surface area contributed by atoms with Gasteiger partial charge in [-0.1, -0.05) is 29.8 Å². The molecule has 2 aromatic carbocycles. The van der Waals surface area contributed by atoms with Crippen LogP contribution in [0.3, 0.4) is 0 Å². The molecule has 0 radical (unpaired) electrons. The Hall–Kier alpha value is -3.44. The number of ether oxygens (including phenoxy) is 1. The van der Waals surface area contributed by atoms with E-state index < -0.39 is 11.4 Å². The Balaban J connectivity index is 1.99. The molecule has 0 aliphatic rings. The first-order valence-electron chi connectivity index (χ1n) is 8.91. The van der Waals surface area contributed by atoms with Crippen molar-refractivity contribution < 1.29 is 13.9 Å². The van der Waals surface area contributed by atoms with Crippen LogP contribution in [0.5, 0.6) is 5.75 Å². The minimum absolute atomic E-state index is 0.107. The number of aryl methyl sites for hydroxylation is 2. The van der Waals surface area contributed by atoms with Gasteiger partial charge in [-0.3, -0.25) is 9.78 Å². The lowest BCUT2D eigenvalue weighted by molar-refractivity contribution is 0.0731. The van der Waals surface area contributed by atoms with Crippen LogP contribution in [0.1, 0.15) is 21.5 Å². The summed E-state index contributed by atoms with van der Waals surface area (Å²) in [4.78, 5) is 29.9. The number of hydrogen-bond acceptors (Lipinski definition) is 5. The molecule has 2 aromatic heterocycles. The molecule has 0 unspecified atom stereocenters. The zero-order valence-electron chi connectivity index (χ0n) is 15.7. The van der Waals surface area contributed by atoms with Crippen LogP contribution in [-0.4, -0.2) is 11.0 Å². The molecule has 0 amide bonds. The molecule has 0 saturated heterocycles. The molecule has 29 heavy (non-hydrogen) atoms. The van der Waals surface area contributed by atoms with Gasteiger partial charge in [-0.25, -0.2) is 4.79 Å². The van der Waals surface area contributed by atoms with Crippen molar-refractivity contribution in [3.05, 3.63) is 92.9 Å². The molecular formula is C23H16ClNO4. The van der Waals surface area contributed by atoms with E-state index in [1.807, 2.05) is 19.9 Å². The Bertz CT molecular complexity index is 1300. The zero-order valence-corrected chi connectivity index (χ0v) is 16.5. The molecule has 5 nitrogen and oxygen atoms in total. The van der Waals surface area contributed by atoms with Gasteiger partial charge in [-0.15, -0.1) is 0 Å². The summed E-state index contributed by atoms with van der Waals surface area (Å²) in [6, 6.07) is 13.7. The predicted octanol–water partition coefficient (Wildman–Crippen LogP) is 5.34. The fourth-order valence-electron chi connectivity index (χ4n) is 3.22. The van der Waals surface area contributed by atoms with Gasteiger partial charge >= 0.3 is 5.97 Å². The molecular weight excluding hydrogens is 390 g/mol. The number of pyridine rings is 1. The molecule has 2 heterocycles.